The van der Waals surface area contributed by atoms with E-state index in [9.17, 15) is 9.59 Å². The van der Waals surface area contributed by atoms with Crippen molar-refractivity contribution >= 4 is 23.2 Å². The number of thiophene rings is 1. The molecule has 1 aliphatic rings. The number of hydrogen-bond acceptors (Lipinski definition) is 3. The van der Waals surface area contributed by atoms with Crippen molar-refractivity contribution in [1.29, 1.82) is 0 Å². The average molecular weight is 239 g/mol. The highest BCUT2D eigenvalue weighted by molar-refractivity contribution is 7.12. The van der Waals surface area contributed by atoms with E-state index in [1.54, 1.807) is 17.9 Å². The maximum Gasteiger partial charge on any atom is 0.306 e. The molecule has 0 aromatic carbocycles. The van der Waals surface area contributed by atoms with Gasteiger partial charge in [0.2, 0.25) is 0 Å². The maximum atomic E-state index is 11.8. The van der Waals surface area contributed by atoms with Crippen LogP contribution in [-0.2, 0) is 4.79 Å². The summed E-state index contributed by atoms with van der Waals surface area (Å²) in [5.41, 5.74) is 0. The van der Waals surface area contributed by atoms with Gasteiger partial charge in [-0.2, -0.15) is 0 Å². The number of nitrogens with zero attached hydrogens (tertiary/aromatic N) is 1. The number of carboxylic acid groups (broad SMARTS) is 1. The van der Waals surface area contributed by atoms with E-state index in [4.69, 9.17) is 5.11 Å². The Morgan fingerprint density at radius 1 is 1.56 bits per heavy atom. The molecule has 4 nitrogen and oxygen atoms in total. The van der Waals surface area contributed by atoms with Crippen LogP contribution in [0.25, 0.3) is 0 Å². The lowest BCUT2D eigenvalue weighted by Crippen LogP contribution is -2.53. The van der Waals surface area contributed by atoms with Crippen molar-refractivity contribution in [3.05, 3.63) is 22.4 Å². The van der Waals surface area contributed by atoms with Crippen molar-refractivity contribution in [3.63, 3.8) is 0 Å². The van der Waals surface area contributed by atoms with Gasteiger partial charge in [-0.25, -0.2) is 0 Å². The summed E-state index contributed by atoms with van der Waals surface area (Å²) in [7, 11) is 0. The number of amides is 1. The van der Waals surface area contributed by atoms with Crippen molar-refractivity contribution < 1.29 is 14.7 Å². The molecule has 1 fully saturated rings. The Balaban J connectivity index is 1.89. The first-order valence-electron chi connectivity index (χ1n) is 5.15. The van der Waals surface area contributed by atoms with Gasteiger partial charge in [-0.15, -0.1) is 11.3 Å². The molecular formula is C11H13NO3S. The molecule has 1 atom stereocenters. The zero-order valence-corrected chi connectivity index (χ0v) is 9.74. The molecule has 0 bridgehead atoms. The SMILES string of the molecule is CC(C(=O)O)C1CN(C(=O)c2cccs2)C1. The van der Waals surface area contributed by atoms with Gasteiger partial charge in [0.25, 0.3) is 5.91 Å². The van der Waals surface area contributed by atoms with E-state index < -0.39 is 5.97 Å². The minimum absolute atomic E-state index is 0.0174. The number of carbonyl (C=O) groups excluding carboxylic acids is 1. The second-order valence-corrected chi connectivity index (χ2v) is 5.02. The van der Waals surface area contributed by atoms with E-state index in [0.29, 0.717) is 13.1 Å². The summed E-state index contributed by atoms with van der Waals surface area (Å²) in [6.45, 7) is 2.81. The molecule has 1 aromatic rings. The van der Waals surface area contributed by atoms with Crippen LogP contribution < -0.4 is 0 Å². The van der Waals surface area contributed by atoms with E-state index >= 15 is 0 Å². The van der Waals surface area contributed by atoms with E-state index in [-0.39, 0.29) is 17.7 Å². The van der Waals surface area contributed by atoms with E-state index in [2.05, 4.69) is 0 Å². The molecule has 0 saturated carbocycles. The van der Waals surface area contributed by atoms with E-state index in [1.165, 1.54) is 11.3 Å². The normalized spacial score (nSPS) is 17.9. The van der Waals surface area contributed by atoms with Gasteiger partial charge in [0.1, 0.15) is 0 Å². The average Bonchev–Trinajstić information content (AvgIpc) is 2.67. The molecule has 1 amide bonds. The number of aliphatic carboxylic acids is 1. The Morgan fingerprint density at radius 3 is 2.75 bits per heavy atom. The number of carboxylic acids is 1. The second-order valence-electron chi connectivity index (χ2n) is 4.07. The largest absolute Gasteiger partial charge is 0.481 e. The highest BCUT2D eigenvalue weighted by Gasteiger charge is 2.37. The minimum Gasteiger partial charge on any atom is -0.481 e. The lowest BCUT2D eigenvalue weighted by atomic mass is 9.87. The standard InChI is InChI=1S/C11H13NO3S/c1-7(11(14)15)8-5-12(6-8)10(13)9-3-2-4-16-9/h2-4,7-8H,5-6H2,1H3,(H,14,15). The molecular weight excluding hydrogens is 226 g/mol. The van der Waals surface area contributed by atoms with Gasteiger partial charge in [0.15, 0.2) is 0 Å². The molecule has 1 N–H and O–H groups in total. The van der Waals surface area contributed by atoms with Crippen molar-refractivity contribution in [3.8, 4) is 0 Å². The third kappa shape index (κ3) is 1.95. The Morgan fingerprint density at radius 2 is 2.25 bits per heavy atom. The molecule has 0 aliphatic carbocycles. The summed E-state index contributed by atoms with van der Waals surface area (Å²) in [6.07, 6.45) is 0. The summed E-state index contributed by atoms with van der Waals surface area (Å²) in [6, 6.07) is 3.63. The summed E-state index contributed by atoms with van der Waals surface area (Å²) >= 11 is 1.42. The highest BCUT2D eigenvalue weighted by atomic mass is 32.1. The predicted octanol–water partition coefficient (Wildman–Crippen LogP) is 1.54. The van der Waals surface area contributed by atoms with Gasteiger partial charge in [-0.3, -0.25) is 9.59 Å². The molecule has 86 valence electrons. The Labute approximate surface area is 97.5 Å². The third-order valence-electron chi connectivity index (χ3n) is 3.03. The maximum absolute atomic E-state index is 11.8. The molecule has 2 rings (SSSR count). The second kappa shape index (κ2) is 4.25. The van der Waals surface area contributed by atoms with Crippen LogP contribution in [0, 0.1) is 11.8 Å². The van der Waals surface area contributed by atoms with Crippen LogP contribution in [0.3, 0.4) is 0 Å². The molecule has 0 radical (unpaired) electrons. The fourth-order valence-electron chi connectivity index (χ4n) is 1.75. The Bertz CT molecular complexity index is 395. The van der Waals surface area contributed by atoms with Crippen LogP contribution in [0.15, 0.2) is 17.5 Å². The lowest BCUT2D eigenvalue weighted by Gasteiger charge is -2.40. The van der Waals surface area contributed by atoms with Crippen LogP contribution in [0.1, 0.15) is 16.6 Å². The summed E-state index contributed by atoms with van der Waals surface area (Å²) in [4.78, 5) is 25.0. The first kappa shape index (κ1) is 11.1. The van der Waals surface area contributed by atoms with Gasteiger partial charge in [-0.05, 0) is 11.4 Å². The topological polar surface area (TPSA) is 57.6 Å². The predicted molar refractivity (Wildman–Crippen MR) is 60.5 cm³/mol. The molecule has 0 spiro atoms. The molecule has 1 aromatic heterocycles. The molecule has 1 saturated heterocycles. The van der Waals surface area contributed by atoms with Gasteiger partial charge in [0, 0.05) is 19.0 Å². The molecule has 5 heteroatoms. The fourth-order valence-corrected chi connectivity index (χ4v) is 2.44. The fraction of sp³-hybridized carbons (Fsp3) is 0.455. The Kier molecular flexibility index (Phi) is 2.96. The summed E-state index contributed by atoms with van der Waals surface area (Å²) in [5.74, 6) is -1.04. The van der Waals surface area contributed by atoms with Crippen molar-refractivity contribution in [2.45, 2.75) is 6.92 Å². The third-order valence-corrected chi connectivity index (χ3v) is 3.88. The number of rotatable bonds is 3. The molecule has 16 heavy (non-hydrogen) atoms. The Hall–Kier alpha value is -1.36. The van der Waals surface area contributed by atoms with Crippen molar-refractivity contribution in [2.75, 3.05) is 13.1 Å². The number of carbonyl (C=O) groups is 2. The van der Waals surface area contributed by atoms with Gasteiger partial charge < -0.3 is 10.0 Å². The smallest absolute Gasteiger partial charge is 0.306 e. The van der Waals surface area contributed by atoms with Gasteiger partial charge in [0.05, 0.1) is 10.8 Å². The molecule has 1 unspecified atom stereocenters. The van der Waals surface area contributed by atoms with Crippen LogP contribution in [0.5, 0.6) is 0 Å². The van der Waals surface area contributed by atoms with Crippen LogP contribution in [0.2, 0.25) is 0 Å². The molecule has 2 heterocycles. The van der Waals surface area contributed by atoms with Crippen molar-refractivity contribution in [1.82, 2.24) is 4.90 Å². The van der Waals surface area contributed by atoms with E-state index in [0.717, 1.165) is 4.88 Å². The monoisotopic (exact) mass is 239 g/mol. The zero-order chi connectivity index (χ0) is 11.7. The first-order valence-corrected chi connectivity index (χ1v) is 6.03. The lowest BCUT2D eigenvalue weighted by molar-refractivity contribution is -0.144. The van der Waals surface area contributed by atoms with Crippen LogP contribution >= 0.6 is 11.3 Å². The summed E-state index contributed by atoms with van der Waals surface area (Å²) in [5, 5.41) is 10.7. The van der Waals surface area contributed by atoms with E-state index in [1.807, 2.05) is 11.4 Å². The minimum atomic E-state index is -0.784. The molecule has 1 aliphatic heterocycles. The number of likely N-dealkylation sites (tertiary alicyclic amines) is 1. The van der Waals surface area contributed by atoms with Gasteiger partial charge >= 0.3 is 5.97 Å². The summed E-state index contributed by atoms with van der Waals surface area (Å²) < 4.78 is 0. The van der Waals surface area contributed by atoms with Crippen LogP contribution in [-0.4, -0.2) is 35.0 Å². The van der Waals surface area contributed by atoms with Crippen LogP contribution in [0.4, 0.5) is 0 Å². The van der Waals surface area contributed by atoms with Crippen molar-refractivity contribution in [2.24, 2.45) is 11.8 Å². The first-order chi connectivity index (χ1) is 7.59. The highest BCUT2D eigenvalue weighted by Crippen LogP contribution is 2.26. The van der Waals surface area contributed by atoms with Gasteiger partial charge in [-0.1, -0.05) is 13.0 Å². The number of hydrogen-bond donors (Lipinski definition) is 1. The zero-order valence-electron chi connectivity index (χ0n) is 8.92. The quantitative estimate of drug-likeness (QED) is 0.870.